The van der Waals surface area contributed by atoms with Crippen molar-refractivity contribution in [1.29, 1.82) is 0 Å². The molecule has 4 heteroatoms. The fraction of sp³-hybridized carbons (Fsp3) is 0.667. The van der Waals surface area contributed by atoms with E-state index in [-0.39, 0.29) is 5.82 Å². The molecule has 19 heavy (non-hydrogen) atoms. The maximum atomic E-state index is 13.9. The Morgan fingerprint density at radius 3 is 2.42 bits per heavy atom. The molecule has 108 valence electrons. The Bertz CT molecular complexity index is 401. The van der Waals surface area contributed by atoms with E-state index in [1.54, 1.807) is 0 Å². The Hall–Kier alpha value is -0.483. The van der Waals surface area contributed by atoms with Gasteiger partial charge in [-0.25, -0.2) is 4.39 Å². The van der Waals surface area contributed by atoms with Gasteiger partial charge in [-0.1, -0.05) is 64.6 Å². The first-order chi connectivity index (χ1) is 9.01. The Balaban J connectivity index is 2.46. The van der Waals surface area contributed by atoms with E-state index in [0.717, 1.165) is 16.8 Å². The van der Waals surface area contributed by atoms with Crippen molar-refractivity contribution in [3.05, 3.63) is 16.8 Å². The largest absolute Gasteiger partial charge is 0.297 e. The standard InChI is InChI=1S/C15H25FOSSi/c1-4-5-6-7-8-9-10-19(2,3)15-14(16)11-13(12-17)18-15/h11-12H,4-10H2,1-3H3. The average molecular weight is 301 g/mol. The zero-order valence-corrected chi connectivity index (χ0v) is 14.1. The molecule has 0 aromatic carbocycles. The molecule has 0 unspecified atom stereocenters. The number of unbranched alkanes of at least 4 members (excludes halogenated alkanes) is 5. The van der Waals surface area contributed by atoms with Crippen LogP contribution in [0.5, 0.6) is 0 Å². The lowest BCUT2D eigenvalue weighted by Gasteiger charge is -2.20. The van der Waals surface area contributed by atoms with Crippen molar-refractivity contribution >= 4 is 30.2 Å². The molecule has 1 heterocycles. The van der Waals surface area contributed by atoms with E-state index in [2.05, 4.69) is 20.0 Å². The zero-order chi connectivity index (χ0) is 14.3. The molecule has 1 rings (SSSR count). The van der Waals surface area contributed by atoms with Gasteiger partial charge in [0.25, 0.3) is 0 Å². The summed E-state index contributed by atoms with van der Waals surface area (Å²) in [7, 11) is -1.70. The van der Waals surface area contributed by atoms with Gasteiger partial charge in [0.2, 0.25) is 0 Å². The van der Waals surface area contributed by atoms with Crippen LogP contribution in [0.2, 0.25) is 19.1 Å². The van der Waals surface area contributed by atoms with E-state index in [9.17, 15) is 9.18 Å². The number of aldehydes is 1. The molecule has 0 amide bonds. The van der Waals surface area contributed by atoms with E-state index >= 15 is 0 Å². The van der Waals surface area contributed by atoms with Crippen molar-refractivity contribution in [3.8, 4) is 0 Å². The molecular formula is C15H25FOSSi. The Morgan fingerprint density at radius 1 is 1.21 bits per heavy atom. The van der Waals surface area contributed by atoms with Gasteiger partial charge >= 0.3 is 0 Å². The lowest BCUT2D eigenvalue weighted by Crippen LogP contribution is -2.40. The fourth-order valence-electron chi connectivity index (χ4n) is 2.37. The summed E-state index contributed by atoms with van der Waals surface area (Å²) >= 11 is 1.36. The van der Waals surface area contributed by atoms with Crippen molar-refractivity contribution in [2.45, 2.75) is 64.6 Å². The number of rotatable bonds is 9. The highest BCUT2D eigenvalue weighted by molar-refractivity contribution is 7.27. The van der Waals surface area contributed by atoms with Gasteiger partial charge in [-0.05, 0) is 6.07 Å². The Kier molecular flexibility index (Phi) is 6.93. The molecule has 0 radical (unpaired) electrons. The molecule has 0 fully saturated rings. The van der Waals surface area contributed by atoms with Gasteiger partial charge in [0, 0.05) is 4.50 Å². The highest BCUT2D eigenvalue weighted by Crippen LogP contribution is 2.21. The number of carbonyl (C=O) groups excluding carboxylic acids is 1. The number of hydrogen-bond acceptors (Lipinski definition) is 2. The number of hydrogen-bond donors (Lipinski definition) is 0. The molecule has 1 aromatic heterocycles. The van der Waals surface area contributed by atoms with Crippen LogP contribution in [0.1, 0.15) is 55.1 Å². The lowest BCUT2D eigenvalue weighted by atomic mass is 10.1. The molecule has 0 aliphatic heterocycles. The first-order valence-electron chi connectivity index (χ1n) is 7.26. The first-order valence-corrected chi connectivity index (χ1v) is 11.3. The van der Waals surface area contributed by atoms with E-state index in [4.69, 9.17) is 0 Å². The van der Waals surface area contributed by atoms with Gasteiger partial charge in [0.15, 0.2) is 6.29 Å². The summed E-state index contributed by atoms with van der Waals surface area (Å²) < 4.78 is 14.7. The second-order valence-electron chi connectivity index (χ2n) is 5.85. The van der Waals surface area contributed by atoms with Crippen LogP contribution in [0.15, 0.2) is 6.07 Å². The average Bonchev–Trinajstić information content (AvgIpc) is 2.76. The smallest absolute Gasteiger partial charge is 0.160 e. The molecule has 0 spiro atoms. The van der Waals surface area contributed by atoms with Crippen molar-refractivity contribution in [3.63, 3.8) is 0 Å². The fourth-order valence-corrected chi connectivity index (χ4v) is 6.81. The van der Waals surface area contributed by atoms with Gasteiger partial charge < -0.3 is 0 Å². The minimum atomic E-state index is -1.70. The summed E-state index contributed by atoms with van der Waals surface area (Å²) in [5.41, 5.74) is 0. The molecule has 0 bridgehead atoms. The third-order valence-electron chi connectivity index (χ3n) is 3.59. The van der Waals surface area contributed by atoms with Crippen molar-refractivity contribution in [2.75, 3.05) is 0 Å². The van der Waals surface area contributed by atoms with Gasteiger partial charge in [-0.2, -0.15) is 0 Å². The summed E-state index contributed by atoms with van der Waals surface area (Å²) in [6.45, 7) is 6.64. The highest BCUT2D eigenvalue weighted by atomic mass is 32.1. The molecule has 0 N–H and O–H groups in total. The molecule has 0 aliphatic rings. The second kappa shape index (κ2) is 7.95. The molecule has 0 aliphatic carbocycles. The first kappa shape index (κ1) is 16.6. The van der Waals surface area contributed by atoms with Crippen molar-refractivity contribution in [2.24, 2.45) is 0 Å². The summed E-state index contributed by atoms with van der Waals surface area (Å²) in [5.74, 6) is -0.158. The van der Waals surface area contributed by atoms with Crippen LogP contribution in [-0.4, -0.2) is 14.4 Å². The predicted molar refractivity (Wildman–Crippen MR) is 85.0 cm³/mol. The third kappa shape index (κ3) is 5.19. The Morgan fingerprint density at radius 2 is 1.84 bits per heavy atom. The van der Waals surface area contributed by atoms with Gasteiger partial charge in [0.05, 0.1) is 13.0 Å². The molecule has 0 saturated heterocycles. The van der Waals surface area contributed by atoms with Crippen LogP contribution in [0.3, 0.4) is 0 Å². The van der Waals surface area contributed by atoms with E-state index in [1.165, 1.54) is 55.9 Å². The minimum absolute atomic E-state index is 0.158. The number of carbonyl (C=O) groups is 1. The zero-order valence-electron chi connectivity index (χ0n) is 12.3. The number of thiophene rings is 1. The summed E-state index contributed by atoms with van der Waals surface area (Å²) in [4.78, 5) is 11.2. The van der Waals surface area contributed by atoms with Crippen LogP contribution < -0.4 is 4.50 Å². The summed E-state index contributed by atoms with van der Waals surface area (Å²) in [5, 5.41) is 0. The second-order valence-corrected chi connectivity index (χ2v) is 12.1. The molecular weight excluding hydrogens is 275 g/mol. The van der Waals surface area contributed by atoms with E-state index in [0.29, 0.717) is 4.88 Å². The maximum absolute atomic E-state index is 13.9. The van der Waals surface area contributed by atoms with Gasteiger partial charge in [0.1, 0.15) is 5.82 Å². The van der Waals surface area contributed by atoms with E-state index in [1.807, 2.05) is 0 Å². The van der Waals surface area contributed by atoms with E-state index < -0.39 is 8.07 Å². The Labute approximate surface area is 121 Å². The van der Waals surface area contributed by atoms with Crippen molar-refractivity contribution < 1.29 is 9.18 Å². The molecule has 0 atom stereocenters. The number of halogens is 1. The van der Waals surface area contributed by atoms with Crippen LogP contribution in [0.25, 0.3) is 0 Å². The topological polar surface area (TPSA) is 17.1 Å². The minimum Gasteiger partial charge on any atom is -0.297 e. The summed E-state index contributed by atoms with van der Waals surface area (Å²) in [6, 6.07) is 2.51. The van der Waals surface area contributed by atoms with Crippen LogP contribution in [0, 0.1) is 5.82 Å². The lowest BCUT2D eigenvalue weighted by molar-refractivity contribution is 0.112. The maximum Gasteiger partial charge on any atom is 0.160 e. The third-order valence-corrected chi connectivity index (χ3v) is 9.48. The van der Waals surface area contributed by atoms with Crippen molar-refractivity contribution in [1.82, 2.24) is 0 Å². The quantitative estimate of drug-likeness (QED) is 0.357. The van der Waals surface area contributed by atoms with Crippen LogP contribution >= 0.6 is 11.3 Å². The SMILES string of the molecule is CCCCCCCC[Si](C)(C)c1sc(C=O)cc1F. The monoisotopic (exact) mass is 300 g/mol. The predicted octanol–water partition coefficient (Wildman–Crippen LogP) is 4.98. The molecule has 1 nitrogen and oxygen atoms in total. The molecule has 1 aromatic rings. The molecule has 0 saturated carbocycles. The highest BCUT2D eigenvalue weighted by Gasteiger charge is 2.28. The van der Waals surface area contributed by atoms with Gasteiger partial charge in [-0.15, -0.1) is 11.3 Å². The van der Waals surface area contributed by atoms with Crippen LogP contribution in [0.4, 0.5) is 4.39 Å². The summed E-state index contributed by atoms with van der Waals surface area (Å²) in [6.07, 6.45) is 8.41. The van der Waals surface area contributed by atoms with Gasteiger partial charge in [-0.3, -0.25) is 4.79 Å². The normalized spacial score (nSPS) is 11.8. The van der Waals surface area contributed by atoms with Crippen LogP contribution in [-0.2, 0) is 0 Å².